The van der Waals surface area contributed by atoms with Crippen molar-refractivity contribution in [2.45, 2.75) is 6.04 Å². The van der Waals surface area contributed by atoms with Gasteiger partial charge < -0.3 is 10.4 Å². The minimum atomic E-state index is -0.473. The molecule has 0 saturated heterocycles. The number of hydrogen-bond acceptors (Lipinski definition) is 2. The van der Waals surface area contributed by atoms with E-state index in [0.717, 1.165) is 5.56 Å². The molecule has 0 aliphatic rings. The summed E-state index contributed by atoms with van der Waals surface area (Å²) in [4.78, 5) is 12.0. The molecule has 0 bridgehead atoms. The molecule has 0 fully saturated rings. The number of rotatable bonds is 4. The van der Waals surface area contributed by atoms with Crippen LogP contribution in [-0.4, -0.2) is 17.6 Å². The maximum atomic E-state index is 12.8. The highest BCUT2D eigenvalue weighted by atomic mass is 19.1. The molecule has 0 aromatic heterocycles. The molecule has 0 radical (unpaired) electrons. The average Bonchev–Trinajstić information content (AvgIpc) is 2.46. The molecule has 2 rings (SSSR count). The second-order valence-corrected chi connectivity index (χ2v) is 4.13. The fraction of sp³-hybridized carbons (Fsp3) is 0.133. The predicted octanol–water partition coefficient (Wildman–Crippen LogP) is 2.29. The Hall–Kier alpha value is -2.20. The Morgan fingerprint density at radius 3 is 2.32 bits per heavy atom. The third kappa shape index (κ3) is 3.39. The number of nitrogens with one attached hydrogen (secondary N) is 1. The summed E-state index contributed by atoms with van der Waals surface area (Å²) >= 11 is 0. The minimum absolute atomic E-state index is 0.197. The number of carbonyl (C=O) groups is 1. The van der Waals surface area contributed by atoms with Crippen molar-refractivity contribution in [3.05, 3.63) is 71.5 Å². The Morgan fingerprint density at radius 2 is 1.74 bits per heavy atom. The second kappa shape index (κ2) is 6.11. The monoisotopic (exact) mass is 259 g/mol. The largest absolute Gasteiger partial charge is 0.394 e. The lowest BCUT2D eigenvalue weighted by Crippen LogP contribution is -2.30. The van der Waals surface area contributed by atoms with E-state index in [1.165, 1.54) is 24.3 Å². The number of hydrogen-bond donors (Lipinski definition) is 2. The summed E-state index contributed by atoms with van der Waals surface area (Å²) in [6.07, 6.45) is 0. The Labute approximate surface area is 110 Å². The standard InChI is InChI=1S/C15H14FNO2/c16-13-8-6-12(7-9-13)15(19)17-14(10-18)11-4-2-1-3-5-11/h1-9,14,18H,10H2,(H,17,19)/t14-/m0/s1. The summed E-state index contributed by atoms with van der Waals surface area (Å²) in [6, 6.07) is 14.0. The lowest BCUT2D eigenvalue weighted by molar-refractivity contribution is 0.0916. The van der Waals surface area contributed by atoms with Crippen molar-refractivity contribution in [2.75, 3.05) is 6.61 Å². The van der Waals surface area contributed by atoms with Gasteiger partial charge in [-0.15, -0.1) is 0 Å². The highest BCUT2D eigenvalue weighted by Crippen LogP contribution is 2.13. The number of carbonyl (C=O) groups excluding carboxylic acids is 1. The molecule has 0 heterocycles. The van der Waals surface area contributed by atoms with Gasteiger partial charge in [0.1, 0.15) is 5.82 Å². The van der Waals surface area contributed by atoms with Gasteiger partial charge in [-0.2, -0.15) is 0 Å². The van der Waals surface area contributed by atoms with E-state index in [2.05, 4.69) is 5.32 Å². The molecule has 0 aliphatic carbocycles. The summed E-state index contributed by atoms with van der Waals surface area (Å²) in [5.74, 6) is -0.735. The molecular formula is C15H14FNO2. The molecule has 2 N–H and O–H groups in total. The average molecular weight is 259 g/mol. The van der Waals surface area contributed by atoms with E-state index in [-0.39, 0.29) is 12.5 Å². The number of amides is 1. The lowest BCUT2D eigenvalue weighted by Gasteiger charge is -2.16. The fourth-order valence-electron chi connectivity index (χ4n) is 1.76. The van der Waals surface area contributed by atoms with Crippen LogP contribution < -0.4 is 5.32 Å². The molecule has 2 aromatic carbocycles. The third-order valence-corrected chi connectivity index (χ3v) is 2.80. The molecule has 4 heteroatoms. The molecule has 0 aliphatic heterocycles. The van der Waals surface area contributed by atoms with Crippen LogP contribution in [0.3, 0.4) is 0 Å². The summed E-state index contributed by atoms with van der Waals surface area (Å²) in [5.41, 5.74) is 1.18. The van der Waals surface area contributed by atoms with Crippen LogP contribution in [0.25, 0.3) is 0 Å². The van der Waals surface area contributed by atoms with Crippen molar-refractivity contribution in [1.82, 2.24) is 5.32 Å². The second-order valence-electron chi connectivity index (χ2n) is 4.13. The molecule has 3 nitrogen and oxygen atoms in total. The number of aliphatic hydroxyl groups excluding tert-OH is 1. The smallest absolute Gasteiger partial charge is 0.251 e. The molecule has 19 heavy (non-hydrogen) atoms. The van der Waals surface area contributed by atoms with Gasteiger partial charge in [-0.05, 0) is 29.8 Å². The molecule has 1 amide bonds. The predicted molar refractivity (Wildman–Crippen MR) is 70.1 cm³/mol. The van der Waals surface area contributed by atoms with E-state index in [1.807, 2.05) is 30.3 Å². The third-order valence-electron chi connectivity index (χ3n) is 2.80. The van der Waals surface area contributed by atoms with Gasteiger partial charge in [-0.1, -0.05) is 30.3 Å². The van der Waals surface area contributed by atoms with Crippen LogP contribution in [0, 0.1) is 5.82 Å². The summed E-state index contributed by atoms with van der Waals surface area (Å²) in [6.45, 7) is -0.197. The van der Waals surface area contributed by atoms with Gasteiger partial charge in [-0.3, -0.25) is 4.79 Å². The molecular weight excluding hydrogens is 245 g/mol. The van der Waals surface area contributed by atoms with Crippen LogP contribution in [0.2, 0.25) is 0 Å². The molecule has 1 atom stereocenters. The highest BCUT2D eigenvalue weighted by molar-refractivity contribution is 5.94. The normalized spacial score (nSPS) is 11.9. The van der Waals surface area contributed by atoms with Crippen LogP contribution >= 0.6 is 0 Å². The van der Waals surface area contributed by atoms with Gasteiger partial charge in [0.05, 0.1) is 12.6 Å². The van der Waals surface area contributed by atoms with Crippen LogP contribution in [0.1, 0.15) is 22.0 Å². The van der Waals surface area contributed by atoms with E-state index in [4.69, 9.17) is 0 Å². The van der Waals surface area contributed by atoms with E-state index in [1.54, 1.807) is 0 Å². The first-order valence-corrected chi connectivity index (χ1v) is 5.93. The first-order chi connectivity index (χ1) is 9.20. The van der Waals surface area contributed by atoms with Crippen molar-refractivity contribution in [3.63, 3.8) is 0 Å². The Bertz CT molecular complexity index is 540. The fourth-order valence-corrected chi connectivity index (χ4v) is 1.76. The Kier molecular flexibility index (Phi) is 4.26. The summed E-state index contributed by atoms with van der Waals surface area (Å²) in [7, 11) is 0. The summed E-state index contributed by atoms with van der Waals surface area (Å²) < 4.78 is 12.8. The van der Waals surface area contributed by atoms with Crippen molar-refractivity contribution in [2.24, 2.45) is 0 Å². The molecule has 0 unspecified atom stereocenters. The van der Waals surface area contributed by atoms with E-state index < -0.39 is 11.9 Å². The van der Waals surface area contributed by atoms with Gasteiger partial charge >= 0.3 is 0 Å². The number of aliphatic hydroxyl groups is 1. The van der Waals surface area contributed by atoms with Gasteiger partial charge in [0.25, 0.3) is 5.91 Å². The summed E-state index contributed by atoms with van der Waals surface area (Å²) in [5, 5.41) is 12.1. The number of benzene rings is 2. The zero-order valence-corrected chi connectivity index (χ0v) is 10.2. The van der Waals surface area contributed by atoms with Gasteiger partial charge in [0, 0.05) is 5.56 Å². The quantitative estimate of drug-likeness (QED) is 0.885. The van der Waals surface area contributed by atoms with Crippen LogP contribution in [0.5, 0.6) is 0 Å². The van der Waals surface area contributed by atoms with Crippen LogP contribution in [-0.2, 0) is 0 Å². The topological polar surface area (TPSA) is 49.3 Å². The van der Waals surface area contributed by atoms with Crippen molar-refractivity contribution in [1.29, 1.82) is 0 Å². The highest BCUT2D eigenvalue weighted by Gasteiger charge is 2.14. The molecule has 0 saturated carbocycles. The Balaban J connectivity index is 2.10. The Morgan fingerprint density at radius 1 is 1.11 bits per heavy atom. The van der Waals surface area contributed by atoms with E-state index >= 15 is 0 Å². The van der Waals surface area contributed by atoms with Crippen LogP contribution in [0.15, 0.2) is 54.6 Å². The number of halogens is 1. The maximum absolute atomic E-state index is 12.8. The van der Waals surface area contributed by atoms with Gasteiger partial charge in [-0.25, -0.2) is 4.39 Å². The molecule has 98 valence electrons. The van der Waals surface area contributed by atoms with Crippen molar-refractivity contribution in [3.8, 4) is 0 Å². The maximum Gasteiger partial charge on any atom is 0.251 e. The van der Waals surface area contributed by atoms with Crippen molar-refractivity contribution < 1.29 is 14.3 Å². The van der Waals surface area contributed by atoms with Gasteiger partial charge in [0.15, 0.2) is 0 Å². The van der Waals surface area contributed by atoms with Crippen LogP contribution in [0.4, 0.5) is 4.39 Å². The first-order valence-electron chi connectivity index (χ1n) is 5.93. The van der Waals surface area contributed by atoms with E-state index in [9.17, 15) is 14.3 Å². The minimum Gasteiger partial charge on any atom is -0.394 e. The SMILES string of the molecule is O=C(N[C@@H](CO)c1ccccc1)c1ccc(F)cc1. The zero-order chi connectivity index (χ0) is 13.7. The molecule has 2 aromatic rings. The first kappa shape index (κ1) is 13.2. The van der Waals surface area contributed by atoms with E-state index in [0.29, 0.717) is 5.56 Å². The zero-order valence-electron chi connectivity index (χ0n) is 10.2. The lowest BCUT2D eigenvalue weighted by atomic mass is 10.1. The molecule has 0 spiro atoms. The van der Waals surface area contributed by atoms with Crippen molar-refractivity contribution >= 4 is 5.91 Å². The van der Waals surface area contributed by atoms with Gasteiger partial charge in [0.2, 0.25) is 0 Å².